The van der Waals surface area contributed by atoms with Gasteiger partial charge in [-0.25, -0.2) is 0 Å². The van der Waals surface area contributed by atoms with Crippen molar-refractivity contribution in [2.45, 2.75) is 6.73 Å². The molecular formula is C6H9NO. The quantitative estimate of drug-likeness (QED) is 0.557. The highest BCUT2D eigenvalue weighted by Gasteiger charge is 1.80. The van der Waals surface area contributed by atoms with Crippen LogP contribution in [0.5, 0.6) is 0 Å². The zero-order valence-corrected chi connectivity index (χ0v) is 4.87. The minimum atomic E-state index is 0.646. The third-order valence-corrected chi connectivity index (χ3v) is 0.944. The van der Waals surface area contributed by atoms with Gasteiger partial charge in [0.1, 0.15) is 6.73 Å². The van der Waals surface area contributed by atoms with Crippen LogP contribution < -0.4 is 0 Å². The van der Waals surface area contributed by atoms with Gasteiger partial charge in [-0.3, -0.25) is 0 Å². The van der Waals surface area contributed by atoms with E-state index in [2.05, 4.69) is 0 Å². The fourth-order valence-electron chi connectivity index (χ4n) is 0.605. The average molecular weight is 111 g/mol. The van der Waals surface area contributed by atoms with Gasteiger partial charge in [-0.15, -0.1) is 0 Å². The van der Waals surface area contributed by atoms with Crippen LogP contribution in [-0.4, -0.2) is 11.7 Å². The number of ether oxygens (including phenoxy) is 1. The van der Waals surface area contributed by atoms with E-state index >= 15 is 0 Å². The summed E-state index contributed by atoms with van der Waals surface area (Å²) < 4.78 is 6.81. The first-order chi connectivity index (χ1) is 3.93. The summed E-state index contributed by atoms with van der Waals surface area (Å²) in [6, 6.07) is 3.94. The monoisotopic (exact) mass is 111 g/mol. The summed E-state index contributed by atoms with van der Waals surface area (Å²) in [5, 5.41) is 0. The summed E-state index contributed by atoms with van der Waals surface area (Å²) in [6.07, 6.45) is 3.92. The first-order valence-electron chi connectivity index (χ1n) is 2.53. The molecule has 1 rings (SSSR count). The molecule has 2 heteroatoms. The van der Waals surface area contributed by atoms with Gasteiger partial charge in [0.2, 0.25) is 0 Å². The Hall–Kier alpha value is -0.760. The molecule has 0 atom stereocenters. The Labute approximate surface area is 48.7 Å². The summed E-state index contributed by atoms with van der Waals surface area (Å²) >= 11 is 0. The van der Waals surface area contributed by atoms with Gasteiger partial charge in [0.05, 0.1) is 0 Å². The molecule has 0 aliphatic carbocycles. The molecule has 0 spiro atoms. The second-order valence-corrected chi connectivity index (χ2v) is 1.62. The first kappa shape index (κ1) is 5.38. The minimum Gasteiger partial charge on any atom is -0.364 e. The maximum Gasteiger partial charge on any atom is 0.121 e. The van der Waals surface area contributed by atoms with E-state index in [1.54, 1.807) is 7.11 Å². The molecule has 0 saturated carbocycles. The van der Waals surface area contributed by atoms with E-state index in [0.29, 0.717) is 6.73 Å². The number of hydrogen-bond donors (Lipinski definition) is 0. The van der Waals surface area contributed by atoms with Crippen LogP contribution in [0, 0.1) is 0 Å². The fourth-order valence-corrected chi connectivity index (χ4v) is 0.605. The van der Waals surface area contributed by atoms with Crippen molar-refractivity contribution in [1.29, 1.82) is 0 Å². The number of rotatable bonds is 2. The van der Waals surface area contributed by atoms with Gasteiger partial charge in [-0.1, -0.05) is 0 Å². The van der Waals surface area contributed by atoms with Crippen molar-refractivity contribution in [2.24, 2.45) is 0 Å². The highest BCUT2D eigenvalue weighted by Crippen LogP contribution is 1.87. The van der Waals surface area contributed by atoms with Gasteiger partial charge in [-0.2, -0.15) is 0 Å². The van der Waals surface area contributed by atoms with Crippen LogP contribution in [0.15, 0.2) is 24.5 Å². The lowest BCUT2D eigenvalue weighted by Crippen LogP contribution is -1.94. The smallest absolute Gasteiger partial charge is 0.121 e. The molecule has 0 radical (unpaired) electrons. The van der Waals surface area contributed by atoms with Gasteiger partial charge in [0.15, 0.2) is 0 Å². The summed E-state index contributed by atoms with van der Waals surface area (Å²) in [7, 11) is 1.68. The topological polar surface area (TPSA) is 14.2 Å². The van der Waals surface area contributed by atoms with Gasteiger partial charge in [-0.05, 0) is 12.1 Å². The Kier molecular flexibility index (Phi) is 1.70. The molecule has 0 aliphatic rings. The largest absolute Gasteiger partial charge is 0.364 e. The predicted molar refractivity (Wildman–Crippen MR) is 31.4 cm³/mol. The molecule has 1 aromatic heterocycles. The van der Waals surface area contributed by atoms with Crippen LogP contribution in [0.1, 0.15) is 0 Å². The highest BCUT2D eigenvalue weighted by molar-refractivity contribution is 4.89. The Bertz CT molecular complexity index is 134. The molecule has 0 saturated heterocycles. The van der Waals surface area contributed by atoms with E-state index in [1.807, 2.05) is 29.1 Å². The molecular weight excluding hydrogens is 102 g/mol. The second-order valence-electron chi connectivity index (χ2n) is 1.62. The number of nitrogens with zero attached hydrogens (tertiary/aromatic N) is 1. The molecule has 2 nitrogen and oxygen atoms in total. The van der Waals surface area contributed by atoms with Crippen molar-refractivity contribution in [3.63, 3.8) is 0 Å². The molecule has 0 N–H and O–H groups in total. The maximum absolute atomic E-state index is 4.85. The molecule has 0 unspecified atom stereocenters. The van der Waals surface area contributed by atoms with Crippen LogP contribution in [0.3, 0.4) is 0 Å². The maximum atomic E-state index is 4.85. The minimum absolute atomic E-state index is 0.646. The molecule has 44 valence electrons. The third-order valence-electron chi connectivity index (χ3n) is 0.944. The van der Waals surface area contributed by atoms with E-state index in [1.165, 1.54) is 0 Å². The van der Waals surface area contributed by atoms with Crippen molar-refractivity contribution in [1.82, 2.24) is 4.57 Å². The van der Waals surface area contributed by atoms with Crippen LogP contribution in [0.4, 0.5) is 0 Å². The number of hydrogen-bond acceptors (Lipinski definition) is 1. The lowest BCUT2D eigenvalue weighted by atomic mass is 10.7. The standard InChI is InChI=1S/C6H9NO/c1-8-6-7-4-2-3-5-7/h2-5H,6H2,1H3. The summed E-state index contributed by atoms with van der Waals surface area (Å²) in [5.74, 6) is 0. The zero-order chi connectivity index (χ0) is 5.82. The molecule has 0 aliphatic heterocycles. The van der Waals surface area contributed by atoms with E-state index in [0.717, 1.165) is 0 Å². The SMILES string of the molecule is COCn1cccc1. The third kappa shape index (κ3) is 1.10. The van der Waals surface area contributed by atoms with Crippen molar-refractivity contribution in [3.8, 4) is 0 Å². The van der Waals surface area contributed by atoms with E-state index in [4.69, 9.17) is 4.74 Å². The second kappa shape index (κ2) is 2.52. The average Bonchev–Trinajstić information content (AvgIpc) is 2.19. The van der Waals surface area contributed by atoms with Crippen LogP contribution in [0.2, 0.25) is 0 Å². The van der Waals surface area contributed by atoms with Crippen molar-refractivity contribution in [3.05, 3.63) is 24.5 Å². The Balaban J connectivity index is 2.50. The summed E-state index contributed by atoms with van der Waals surface area (Å²) in [4.78, 5) is 0. The molecule has 0 fully saturated rings. The molecule has 1 aromatic rings. The lowest BCUT2D eigenvalue weighted by molar-refractivity contribution is 0.131. The Morgan fingerprint density at radius 3 is 2.50 bits per heavy atom. The van der Waals surface area contributed by atoms with Crippen molar-refractivity contribution >= 4 is 0 Å². The number of aromatic nitrogens is 1. The van der Waals surface area contributed by atoms with Crippen LogP contribution in [0.25, 0.3) is 0 Å². The van der Waals surface area contributed by atoms with E-state index in [9.17, 15) is 0 Å². The molecule has 0 aromatic carbocycles. The zero-order valence-electron chi connectivity index (χ0n) is 4.87. The summed E-state index contributed by atoms with van der Waals surface area (Å²) in [6.45, 7) is 0.646. The molecule has 1 heterocycles. The molecule has 8 heavy (non-hydrogen) atoms. The first-order valence-corrected chi connectivity index (χ1v) is 2.53. The van der Waals surface area contributed by atoms with Gasteiger partial charge in [0.25, 0.3) is 0 Å². The Morgan fingerprint density at radius 1 is 1.38 bits per heavy atom. The van der Waals surface area contributed by atoms with Gasteiger partial charge >= 0.3 is 0 Å². The van der Waals surface area contributed by atoms with Crippen molar-refractivity contribution in [2.75, 3.05) is 7.11 Å². The predicted octanol–water partition coefficient (Wildman–Crippen LogP) is 1.09. The van der Waals surface area contributed by atoms with Crippen molar-refractivity contribution < 1.29 is 4.74 Å². The van der Waals surface area contributed by atoms with Crippen LogP contribution in [-0.2, 0) is 11.5 Å². The number of methoxy groups -OCH3 is 1. The van der Waals surface area contributed by atoms with Crippen LogP contribution >= 0.6 is 0 Å². The molecule has 0 bridgehead atoms. The lowest BCUT2D eigenvalue weighted by Gasteiger charge is -1.96. The fraction of sp³-hybridized carbons (Fsp3) is 0.333. The Morgan fingerprint density at radius 2 is 2.00 bits per heavy atom. The summed E-state index contributed by atoms with van der Waals surface area (Å²) in [5.41, 5.74) is 0. The van der Waals surface area contributed by atoms with E-state index in [-0.39, 0.29) is 0 Å². The van der Waals surface area contributed by atoms with E-state index < -0.39 is 0 Å². The normalized spacial score (nSPS) is 9.62. The van der Waals surface area contributed by atoms with Gasteiger partial charge < -0.3 is 9.30 Å². The van der Waals surface area contributed by atoms with Gasteiger partial charge in [0, 0.05) is 19.5 Å². The highest BCUT2D eigenvalue weighted by atomic mass is 16.5. The molecule has 0 amide bonds.